The Balaban J connectivity index is 1.43. The number of aromatic nitrogens is 3. The van der Waals surface area contributed by atoms with Crippen molar-refractivity contribution >= 4 is 5.91 Å². The fraction of sp³-hybridized carbons (Fsp3) is 0.375. The molecule has 1 fully saturated rings. The fourth-order valence-corrected chi connectivity index (χ4v) is 4.08. The summed E-state index contributed by atoms with van der Waals surface area (Å²) in [5.74, 6) is 8.11. The van der Waals surface area contributed by atoms with Crippen LogP contribution in [0.1, 0.15) is 55.4 Å². The first-order chi connectivity index (χ1) is 15.4. The average Bonchev–Trinajstić information content (AvgIpc) is 3.41. The summed E-state index contributed by atoms with van der Waals surface area (Å²) >= 11 is 0. The molecule has 0 bridgehead atoms. The summed E-state index contributed by atoms with van der Waals surface area (Å²) in [5, 5.41) is 14.1. The highest BCUT2D eigenvalue weighted by atomic mass is 16.5. The van der Waals surface area contributed by atoms with Gasteiger partial charge in [-0.3, -0.25) is 4.79 Å². The highest BCUT2D eigenvalue weighted by Crippen LogP contribution is 2.35. The molecule has 1 amide bonds. The van der Waals surface area contributed by atoms with E-state index in [0.717, 1.165) is 24.0 Å². The van der Waals surface area contributed by atoms with Crippen molar-refractivity contribution in [1.29, 1.82) is 0 Å². The zero-order chi connectivity index (χ0) is 22.7. The lowest BCUT2D eigenvalue weighted by atomic mass is 9.73. The number of aliphatic hydroxyl groups excluding tert-OH is 1. The third-order valence-electron chi connectivity index (χ3n) is 5.82. The lowest BCUT2D eigenvalue weighted by molar-refractivity contribution is -0.119. The van der Waals surface area contributed by atoms with Gasteiger partial charge in [-0.05, 0) is 49.9 Å². The lowest BCUT2D eigenvalue weighted by Crippen LogP contribution is -2.27. The first kappa shape index (κ1) is 21.8. The Morgan fingerprint density at radius 2 is 2.09 bits per heavy atom. The highest BCUT2D eigenvalue weighted by Gasteiger charge is 2.28. The number of hydrogen-bond donors (Lipinski definition) is 3. The third-order valence-corrected chi connectivity index (χ3v) is 5.82. The monoisotopic (exact) mass is 433 g/mol. The van der Waals surface area contributed by atoms with Crippen LogP contribution in [-0.2, 0) is 4.79 Å². The van der Waals surface area contributed by atoms with Gasteiger partial charge in [-0.15, -0.1) is 0 Å². The number of aliphatic hydroxyl groups is 1. The van der Waals surface area contributed by atoms with Gasteiger partial charge in [0, 0.05) is 48.5 Å². The molecule has 8 heteroatoms. The van der Waals surface area contributed by atoms with Gasteiger partial charge in [0.15, 0.2) is 5.76 Å². The van der Waals surface area contributed by atoms with Gasteiger partial charge in [-0.1, -0.05) is 17.0 Å². The van der Waals surface area contributed by atoms with Gasteiger partial charge >= 0.3 is 0 Å². The van der Waals surface area contributed by atoms with E-state index in [0.29, 0.717) is 35.5 Å². The van der Waals surface area contributed by atoms with Crippen LogP contribution in [0.4, 0.5) is 0 Å². The molecule has 166 valence electrons. The summed E-state index contributed by atoms with van der Waals surface area (Å²) in [5.41, 5.74) is 13.7. The van der Waals surface area contributed by atoms with Gasteiger partial charge in [-0.25, -0.2) is 4.98 Å². The lowest BCUT2D eigenvalue weighted by Gasteiger charge is -2.30. The minimum absolute atomic E-state index is 0.237. The van der Waals surface area contributed by atoms with Crippen LogP contribution in [0.2, 0.25) is 0 Å². The minimum atomic E-state index is -0.715. The molecule has 2 unspecified atom stereocenters. The number of hydrogen-bond acceptors (Lipinski definition) is 6. The van der Waals surface area contributed by atoms with E-state index in [-0.39, 0.29) is 18.5 Å². The van der Waals surface area contributed by atoms with Crippen molar-refractivity contribution in [1.82, 2.24) is 14.7 Å². The van der Waals surface area contributed by atoms with E-state index in [4.69, 9.17) is 16.0 Å². The van der Waals surface area contributed by atoms with Crippen molar-refractivity contribution in [3.05, 3.63) is 59.8 Å². The number of benzene rings is 1. The number of carbonyl (C=O) groups is 1. The van der Waals surface area contributed by atoms with Gasteiger partial charge in [0.2, 0.25) is 5.91 Å². The quantitative estimate of drug-likeness (QED) is 0.490. The predicted molar refractivity (Wildman–Crippen MR) is 119 cm³/mol. The first-order valence-corrected chi connectivity index (χ1v) is 10.7. The summed E-state index contributed by atoms with van der Waals surface area (Å²) in [7, 11) is 0. The third kappa shape index (κ3) is 4.74. The maximum absolute atomic E-state index is 10.9. The molecule has 0 spiro atoms. The first-order valence-electron chi connectivity index (χ1n) is 10.7. The second-order valence-electron chi connectivity index (χ2n) is 8.29. The number of primary amides is 1. The number of nitrogens with two attached hydrogens (primary N) is 2. The summed E-state index contributed by atoms with van der Waals surface area (Å²) in [6, 6.07) is 9.36. The smallest absolute Gasteiger partial charge is 0.217 e. The van der Waals surface area contributed by atoms with Crippen molar-refractivity contribution in [2.45, 2.75) is 38.3 Å². The molecule has 4 rings (SSSR count). The van der Waals surface area contributed by atoms with Crippen LogP contribution in [0.15, 0.2) is 47.2 Å². The topological polar surface area (TPSA) is 133 Å². The van der Waals surface area contributed by atoms with E-state index in [1.807, 2.05) is 34.9 Å². The summed E-state index contributed by atoms with van der Waals surface area (Å²) in [6.07, 6.45) is 5.02. The van der Waals surface area contributed by atoms with Crippen LogP contribution in [0.5, 0.6) is 0 Å². The molecule has 2 heterocycles. The van der Waals surface area contributed by atoms with Crippen molar-refractivity contribution in [3.63, 3.8) is 0 Å². The van der Waals surface area contributed by atoms with Crippen LogP contribution >= 0.6 is 0 Å². The molecule has 1 saturated carbocycles. The Hall–Kier alpha value is -3.41. The molecule has 1 aliphatic carbocycles. The van der Waals surface area contributed by atoms with Crippen molar-refractivity contribution < 1.29 is 14.4 Å². The number of carbonyl (C=O) groups excluding carboxylic acids is 1. The zero-order valence-electron chi connectivity index (χ0n) is 17.9. The maximum atomic E-state index is 10.9. The minimum Gasteiger partial charge on any atom is -0.385 e. The molecule has 0 aliphatic heterocycles. The van der Waals surface area contributed by atoms with Gasteiger partial charge in [0.05, 0.1) is 6.04 Å². The second-order valence-corrected chi connectivity index (χ2v) is 8.29. The standard InChI is InChI=1S/C24H27N5O3/c1-15(30)24-27-8-9-29(24)21(14-25)20-13-22(32-28-20)19-6-4-16(5-7-19)2-3-17-10-18(11-17)12-23(26)31/h4-9,13,15,17-18,21,30H,10-12,14,25H2,1H3,(H2,26,31). The van der Waals surface area contributed by atoms with Gasteiger partial charge < -0.3 is 25.7 Å². The molecule has 2 atom stereocenters. The molecule has 1 aliphatic rings. The molecular weight excluding hydrogens is 406 g/mol. The highest BCUT2D eigenvalue weighted by molar-refractivity contribution is 5.74. The molecule has 0 radical (unpaired) electrons. The molecular formula is C24H27N5O3. The van der Waals surface area contributed by atoms with E-state index in [9.17, 15) is 9.90 Å². The predicted octanol–water partition coefficient (Wildman–Crippen LogP) is 2.39. The Bertz CT molecular complexity index is 1130. The Morgan fingerprint density at radius 1 is 1.34 bits per heavy atom. The van der Waals surface area contributed by atoms with Crippen molar-refractivity contribution in [2.24, 2.45) is 23.3 Å². The van der Waals surface area contributed by atoms with E-state index in [1.54, 1.807) is 19.3 Å². The van der Waals surface area contributed by atoms with Gasteiger partial charge in [0.1, 0.15) is 17.6 Å². The Morgan fingerprint density at radius 3 is 2.75 bits per heavy atom. The Kier molecular flexibility index (Phi) is 6.40. The SMILES string of the molecule is CC(O)c1nccn1C(CN)c1cc(-c2ccc(C#CC3CC(CC(N)=O)C3)cc2)on1. The number of amides is 1. The molecule has 8 nitrogen and oxygen atoms in total. The molecule has 2 aromatic heterocycles. The fourth-order valence-electron chi connectivity index (χ4n) is 4.08. The molecule has 3 aromatic rings. The molecule has 5 N–H and O–H groups in total. The molecule has 1 aromatic carbocycles. The van der Waals surface area contributed by atoms with Crippen LogP contribution in [0.25, 0.3) is 11.3 Å². The maximum Gasteiger partial charge on any atom is 0.217 e. The second kappa shape index (κ2) is 9.39. The summed E-state index contributed by atoms with van der Waals surface area (Å²) in [6.45, 7) is 1.95. The van der Waals surface area contributed by atoms with E-state index in [1.165, 1.54) is 0 Å². The van der Waals surface area contributed by atoms with E-state index in [2.05, 4.69) is 22.0 Å². The van der Waals surface area contributed by atoms with Crippen molar-refractivity contribution in [2.75, 3.05) is 6.54 Å². The van der Waals surface area contributed by atoms with Crippen LogP contribution < -0.4 is 11.5 Å². The molecule has 32 heavy (non-hydrogen) atoms. The van der Waals surface area contributed by atoms with Gasteiger partial charge in [-0.2, -0.15) is 0 Å². The number of rotatable bonds is 7. The summed E-state index contributed by atoms with van der Waals surface area (Å²) < 4.78 is 7.38. The van der Waals surface area contributed by atoms with Crippen LogP contribution in [-0.4, -0.2) is 32.3 Å². The summed E-state index contributed by atoms with van der Waals surface area (Å²) in [4.78, 5) is 15.2. The van der Waals surface area contributed by atoms with Gasteiger partial charge in [0.25, 0.3) is 0 Å². The van der Waals surface area contributed by atoms with E-state index >= 15 is 0 Å². The normalized spacial score (nSPS) is 19.5. The Labute approximate surface area is 186 Å². The average molecular weight is 434 g/mol. The largest absolute Gasteiger partial charge is 0.385 e. The number of imidazole rings is 1. The van der Waals surface area contributed by atoms with Crippen LogP contribution in [0, 0.1) is 23.7 Å². The van der Waals surface area contributed by atoms with E-state index < -0.39 is 6.10 Å². The number of nitrogens with zero attached hydrogens (tertiary/aromatic N) is 3. The van der Waals surface area contributed by atoms with Crippen LogP contribution in [0.3, 0.4) is 0 Å². The van der Waals surface area contributed by atoms with Crippen molar-refractivity contribution in [3.8, 4) is 23.2 Å². The molecule has 0 saturated heterocycles. The zero-order valence-corrected chi connectivity index (χ0v) is 17.9.